The van der Waals surface area contributed by atoms with Gasteiger partial charge in [-0.3, -0.25) is 0 Å². The normalized spacial score (nSPS) is 17.7. The molecule has 6 nitrogen and oxygen atoms in total. The van der Waals surface area contributed by atoms with Gasteiger partial charge in [-0.25, -0.2) is 13.1 Å². The summed E-state index contributed by atoms with van der Waals surface area (Å²) in [7, 11) is -3.20. The second-order valence-corrected chi connectivity index (χ2v) is 7.59. The second kappa shape index (κ2) is 6.50. The lowest BCUT2D eigenvalue weighted by molar-refractivity contribution is 0.395. The van der Waals surface area contributed by atoms with Crippen molar-refractivity contribution in [2.45, 2.75) is 11.4 Å². The van der Waals surface area contributed by atoms with Crippen LogP contribution < -0.4 is 10.6 Å². The van der Waals surface area contributed by atoms with E-state index in [1.807, 2.05) is 16.8 Å². The molecule has 3 rings (SSSR count). The van der Waals surface area contributed by atoms with Crippen LogP contribution in [0.1, 0.15) is 0 Å². The number of sulfone groups is 1. The zero-order valence-corrected chi connectivity index (χ0v) is 13.1. The number of nitrogens with one attached hydrogen (secondary N) is 2. The molecule has 1 aromatic heterocycles. The van der Waals surface area contributed by atoms with Crippen molar-refractivity contribution in [3.8, 4) is 0 Å². The lowest BCUT2D eigenvalue weighted by Crippen LogP contribution is -2.36. The second-order valence-electron chi connectivity index (χ2n) is 5.48. The molecule has 2 heterocycles. The molecule has 0 bridgehead atoms. The molecule has 0 radical (unpaired) electrons. The fourth-order valence-corrected chi connectivity index (χ4v) is 3.80. The third-order valence-corrected chi connectivity index (χ3v) is 5.53. The number of anilines is 1. The van der Waals surface area contributed by atoms with Gasteiger partial charge in [-0.15, -0.1) is 0 Å². The van der Waals surface area contributed by atoms with Gasteiger partial charge in [0.05, 0.1) is 16.8 Å². The van der Waals surface area contributed by atoms with Crippen molar-refractivity contribution < 1.29 is 8.42 Å². The first-order valence-corrected chi connectivity index (χ1v) is 9.04. The zero-order chi connectivity index (χ0) is 15.4. The molecule has 1 aromatic carbocycles. The molecule has 0 spiro atoms. The zero-order valence-electron chi connectivity index (χ0n) is 12.3. The molecule has 0 aliphatic carbocycles. The number of hydrogen-bond acceptors (Lipinski definition) is 5. The van der Waals surface area contributed by atoms with Crippen molar-refractivity contribution in [2.75, 3.05) is 30.7 Å². The lowest BCUT2D eigenvalue weighted by atomic mass is 10.1. The Kier molecular flexibility index (Phi) is 4.44. The molecule has 1 aliphatic rings. The molecule has 1 atom stereocenters. The average Bonchev–Trinajstić information content (AvgIpc) is 3.00. The molecule has 1 unspecified atom stereocenters. The molecule has 2 aromatic rings. The van der Waals surface area contributed by atoms with Crippen LogP contribution in [0, 0.1) is 5.92 Å². The van der Waals surface area contributed by atoms with Gasteiger partial charge in [0.15, 0.2) is 9.84 Å². The minimum atomic E-state index is -3.20. The van der Waals surface area contributed by atoms with Crippen LogP contribution in [0.5, 0.6) is 0 Å². The van der Waals surface area contributed by atoms with Gasteiger partial charge in [0.2, 0.25) is 0 Å². The van der Waals surface area contributed by atoms with E-state index in [9.17, 15) is 8.42 Å². The Balaban J connectivity index is 1.45. The Hall–Kier alpha value is -1.86. The number of hydrogen-bond donors (Lipinski definition) is 2. The summed E-state index contributed by atoms with van der Waals surface area (Å²) in [5.74, 6) is 1.57. The summed E-state index contributed by atoms with van der Waals surface area (Å²) >= 11 is 0. The minimum absolute atomic E-state index is 0.115. The summed E-state index contributed by atoms with van der Waals surface area (Å²) in [4.78, 5) is 0.386. The van der Waals surface area contributed by atoms with Gasteiger partial charge >= 0.3 is 0 Å². The Morgan fingerprint density at radius 1 is 1.27 bits per heavy atom. The average molecular weight is 320 g/mol. The number of benzene rings is 1. The van der Waals surface area contributed by atoms with Crippen molar-refractivity contribution in [2.24, 2.45) is 5.92 Å². The summed E-state index contributed by atoms with van der Waals surface area (Å²) in [6.07, 6.45) is 1.78. The van der Waals surface area contributed by atoms with E-state index in [0.29, 0.717) is 17.4 Å². The SMILES string of the molecule is O=S(=O)(CCNCC1CNc2ccnn2C1)c1ccccc1. The van der Waals surface area contributed by atoms with Crippen LogP contribution in [0.25, 0.3) is 0 Å². The van der Waals surface area contributed by atoms with Crippen LogP contribution >= 0.6 is 0 Å². The first-order valence-electron chi connectivity index (χ1n) is 7.39. The summed E-state index contributed by atoms with van der Waals surface area (Å²) in [6, 6.07) is 10.5. The molecule has 118 valence electrons. The monoisotopic (exact) mass is 320 g/mol. The van der Waals surface area contributed by atoms with Crippen LogP contribution in [0.4, 0.5) is 5.82 Å². The van der Waals surface area contributed by atoms with E-state index < -0.39 is 9.84 Å². The quantitative estimate of drug-likeness (QED) is 0.776. The molecule has 1 aliphatic heterocycles. The first kappa shape index (κ1) is 15.1. The number of nitrogens with zero attached hydrogens (tertiary/aromatic N) is 2. The predicted octanol–water partition coefficient (Wildman–Crippen LogP) is 0.988. The minimum Gasteiger partial charge on any atom is -0.370 e. The van der Waals surface area contributed by atoms with E-state index in [-0.39, 0.29) is 5.75 Å². The summed E-state index contributed by atoms with van der Waals surface area (Å²) < 4.78 is 26.2. The molecule has 22 heavy (non-hydrogen) atoms. The van der Waals surface area contributed by atoms with Gasteiger partial charge in [0.1, 0.15) is 5.82 Å². The maximum atomic E-state index is 12.1. The van der Waals surface area contributed by atoms with Crippen molar-refractivity contribution >= 4 is 15.7 Å². The summed E-state index contributed by atoms with van der Waals surface area (Å²) in [5, 5.41) is 10.8. The van der Waals surface area contributed by atoms with Gasteiger partial charge < -0.3 is 10.6 Å². The number of aromatic nitrogens is 2. The molecule has 0 saturated carbocycles. The van der Waals surface area contributed by atoms with Gasteiger partial charge in [-0.1, -0.05) is 18.2 Å². The standard InChI is InChI=1S/C15H20N4O2S/c20-22(21,14-4-2-1-3-5-14)9-8-16-10-13-11-17-15-6-7-18-19(15)12-13/h1-7,13,16-17H,8-12H2. The third-order valence-electron chi connectivity index (χ3n) is 3.80. The predicted molar refractivity (Wildman–Crippen MR) is 85.6 cm³/mol. The van der Waals surface area contributed by atoms with Gasteiger partial charge in [0, 0.05) is 38.2 Å². The molecule has 0 fully saturated rings. The van der Waals surface area contributed by atoms with Crippen molar-refractivity contribution in [3.63, 3.8) is 0 Å². The maximum absolute atomic E-state index is 12.1. The van der Waals surface area contributed by atoms with Gasteiger partial charge in [-0.05, 0) is 12.1 Å². The van der Waals surface area contributed by atoms with Crippen LogP contribution in [-0.4, -0.2) is 43.6 Å². The largest absolute Gasteiger partial charge is 0.370 e. The van der Waals surface area contributed by atoms with E-state index >= 15 is 0 Å². The highest BCUT2D eigenvalue weighted by atomic mass is 32.2. The van der Waals surface area contributed by atoms with Crippen LogP contribution in [-0.2, 0) is 16.4 Å². The highest BCUT2D eigenvalue weighted by molar-refractivity contribution is 7.91. The van der Waals surface area contributed by atoms with Gasteiger partial charge in [-0.2, -0.15) is 5.10 Å². The van der Waals surface area contributed by atoms with Crippen LogP contribution in [0.15, 0.2) is 47.5 Å². The van der Waals surface area contributed by atoms with Crippen molar-refractivity contribution in [1.82, 2.24) is 15.1 Å². The first-order chi connectivity index (χ1) is 10.6. The topological polar surface area (TPSA) is 76.0 Å². The molecular formula is C15H20N4O2S. The van der Waals surface area contributed by atoms with E-state index in [4.69, 9.17) is 0 Å². The summed E-state index contributed by atoms with van der Waals surface area (Å²) in [6.45, 7) is 2.97. The Labute approximate surface area is 130 Å². The fraction of sp³-hybridized carbons (Fsp3) is 0.400. The lowest BCUT2D eigenvalue weighted by Gasteiger charge is -2.25. The molecule has 0 saturated heterocycles. The van der Waals surface area contributed by atoms with Crippen LogP contribution in [0.2, 0.25) is 0 Å². The van der Waals surface area contributed by atoms with Crippen LogP contribution in [0.3, 0.4) is 0 Å². The Bertz CT molecular complexity index is 712. The maximum Gasteiger partial charge on any atom is 0.179 e. The molecule has 7 heteroatoms. The summed E-state index contributed by atoms with van der Waals surface area (Å²) in [5.41, 5.74) is 0. The Morgan fingerprint density at radius 3 is 2.91 bits per heavy atom. The number of fused-ring (bicyclic) bond motifs is 1. The molecule has 0 amide bonds. The van der Waals surface area contributed by atoms with Gasteiger partial charge in [0.25, 0.3) is 0 Å². The molecule has 2 N–H and O–H groups in total. The highest BCUT2D eigenvalue weighted by Crippen LogP contribution is 2.15. The number of rotatable bonds is 6. The third kappa shape index (κ3) is 3.48. The van der Waals surface area contributed by atoms with E-state index in [0.717, 1.165) is 25.5 Å². The van der Waals surface area contributed by atoms with E-state index in [2.05, 4.69) is 15.7 Å². The molecular weight excluding hydrogens is 300 g/mol. The highest BCUT2D eigenvalue weighted by Gasteiger charge is 2.18. The Morgan fingerprint density at radius 2 is 2.09 bits per heavy atom. The smallest absolute Gasteiger partial charge is 0.179 e. The van der Waals surface area contributed by atoms with Crippen molar-refractivity contribution in [3.05, 3.63) is 42.6 Å². The fourth-order valence-electron chi connectivity index (χ4n) is 2.58. The van der Waals surface area contributed by atoms with E-state index in [1.54, 1.807) is 30.5 Å². The van der Waals surface area contributed by atoms with E-state index in [1.165, 1.54) is 0 Å². The van der Waals surface area contributed by atoms with Crippen molar-refractivity contribution in [1.29, 1.82) is 0 Å².